The number of carbonyl (C=O) groups excluding carboxylic acids is 1. The van der Waals surface area contributed by atoms with E-state index < -0.39 is 12.7 Å². The Morgan fingerprint density at radius 3 is 2.72 bits per heavy atom. The molecule has 0 atom stereocenters. The summed E-state index contributed by atoms with van der Waals surface area (Å²) in [6.07, 6.45) is -1.21. The van der Waals surface area contributed by atoms with Crippen LogP contribution in [0, 0.1) is 18.3 Å². The van der Waals surface area contributed by atoms with E-state index in [1.807, 2.05) is 0 Å². The molecule has 0 aromatic carbocycles. The average Bonchev–Trinajstić information content (AvgIpc) is 2.98. The Hall–Kier alpha value is -1.53. The summed E-state index contributed by atoms with van der Waals surface area (Å²) in [4.78, 5) is 11.8. The minimum absolute atomic E-state index is 0.104. The van der Waals surface area contributed by atoms with Crippen LogP contribution >= 0.6 is 0 Å². The van der Waals surface area contributed by atoms with Crippen molar-refractivity contribution in [3.63, 3.8) is 0 Å². The maximum Gasteiger partial charge on any atom is 0.408 e. The van der Waals surface area contributed by atoms with Crippen LogP contribution in [0.3, 0.4) is 0 Å². The van der Waals surface area contributed by atoms with E-state index in [4.69, 9.17) is 0 Å². The quantitative estimate of drug-likeness (QED) is 0.903. The first-order valence-electron chi connectivity index (χ1n) is 5.72. The maximum atomic E-state index is 12.2. The number of rotatable bonds is 3. The number of anilines is 1. The Balaban J connectivity index is 1.70. The molecular formula is C11H12F3N3O. The van der Waals surface area contributed by atoms with Gasteiger partial charge in [-0.1, -0.05) is 0 Å². The SMILES string of the molecule is Cc1cn(CC(F)(F)F)nc1NC(=O)C12CC1C2. The number of hydrogen-bond donors (Lipinski definition) is 1. The highest BCUT2D eigenvalue weighted by Gasteiger charge is 2.74. The molecule has 1 aromatic rings. The molecule has 0 saturated heterocycles. The Morgan fingerprint density at radius 2 is 2.22 bits per heavy atom. The number of aromatic nitrogens is 2. The van der Waals surface area contributed by atoms with Crippen molar-refractivity contribution in [3.8, 4) is 0 Å². The number of nitrogens with one attached hydrogen (secondary N) is 1. The zero-order chi connectivity index (χ0) is 13.1. The molecule has 0 spiro atoms. The van der Waals surface area contributed by atoms with Gasteiger partial charge in [0.15, 0.2) is 5.82 Å². The van der Waals surface area contributed by atoms with E-state index >= 15 is 0 Å². The second-order valence-corrected chi connectivity index (χ2v) is 5.19. The van der Waals surface area contributed by atoms with Gasteiger partial charge in [0.25, 0.3) is 0 Å². The van der Waals surface area contributed by atoms with Crippen molar-refractivity contribution in [1.82, 2.24) is 9.78 Å². The molecule has 0 bridgehead atoms. The Labute approximate surface area is 101 Å². The van der Waals surface area contributed by atoms with Crippen molar-refractivity contribution in [1.29, 1.82) is 0 Å². The lowest BCUT2D eigenvalue weighted by Gasteiger charge is -2.06. The molecule has 18 heavy (non-hydrogen) atoms. The Morgan fingerprint density at radius 1 is 1.61 bits per heavy atom. The summed E-state index contributed by atoms with van der Waals surface area (Å²) < 4.78 is 37.4. The third-order valence-corrected chi connectivity index (χ3v) is 3.65. The summed E-state index contributed by atoms with van der Waals surface area (Å²) in [5.74, 6) is 0.624. The highest BCUT2D eigenvalue weighted by atomic mass is 19.4. The summed E-state index contributed by atoms with van der Waals surface area (Å²) in [6, 6.07) is 0. The number of fused-ring (bicyclic) bond motifs is 1. The van der Waals surface area contributed by atoms with E-state index in [1.54, 1.807) is 6.92 Å². The van der Waals surface area contributed by atoms with E-state index in [0.29, 0.717) is 11.5 Å². The monoisotopic (exact) mass is 259 g/mol. The first kappa shape index (κ1) is 11.6. The highest BCUT2D eigenvalue weighted by Crippen LogP contribution is 2.75. The fraction of sp³-hybridized carbons (Fsp3) is 0.636. The average molecular weight is 259 g/mol. The number of nitrogens with zero attached hydrogens (tertiary/aromatic N) is 2. The van der Waals surface area contributed by atoms with Crippen LogP contribution in [-0.4, -0.2) is 21.9 Å². The molecule has 0 radical (unpaired) electrons. The van der Waals surface area contributed by atoms with Crippen LogP contribution in [0.15, 0.2) is 6.20 Å². The molecule has 2 aliphatic rings. The zero-order valence-corrected chi connectivity index (χ0v) is 9.71. The van der Waals surface area contributed by atoms with E-state index in [2.05, 4.69) is 10.4 Å². The van der Waals surface area contributed by atoms with E-state index in [-0.39, 0.29) is 17.1 Å². The molecule has 2 aliphatic carbocycles. The van der Waals surface area contributed by atoms with Crippen LogP contribution in [0.1, 0.15) is 18.4 Å². The van der Waals surface area contributed by atoms with E-state index in [9.17, 15) is 18.0 Å². The summed E-state index contributed by atoms with van der Waals surface area (Å²) in [6.45, 7) is 0.488. The largest absolute Gasteiger partial charge is 0.408 e. The van der Waals surface area contributed by atoms with E-state index in [0.717, 1.165) is 17.5 Å². The second kappa shape index (κ2) is 3.27. The first-order valence-corrected chi connectivity index (χ1v) is 5.72. The van der Waals surface area contributed by atoms with Gasteiger partial charge in [-0.25, -0.2) is 0 Å². The molecule has 1 N–H and O–H groups in total. The third kappa shape index (κ3) is 1.87. The molecular weight excluding hydrogens is 247 g/mol. The van der Waals surface area contributed by atoms with Crippen molar-refractivity contribution in [3.05, 3.63) is 11.8 Å². The van der Waals surface area contributed by atoms with Crippen molar-refractivity contribution in [2.75, 3.05) is 5.32 Å². The molecule has 1 aromatic heterocycles. The van der Waals surface area contributed by atoms with Crippen molar-refractivity contribution < 1.29 is 18.0 Å². The lowest BCUT2D eigenvalue weighted by atomic mass is 10.2. The van der Waals surface area contributed by atoms with Crippen LogP contribution in [0.4, 0.5) is 19.0 Å². The van der Waals surface area contributed by atoms with Crippen LogP contribution < -0.4 is 5.32 Å². The minimum Gasteiger partial charge on any atom is -0.308 e. The predicted octanol–water partition coefficient (Wildman–Crippen LogP) is 2.10. The molecule has 2 fully saturated rings. The van der Waals surface area contributed by atoms with Crippen LogP contribution in [0.2, 0.25) is 0 Å². The molecule has 7 heteroatoms. The molecule has 0 unspecified atom stereocenters. The molecule has 1 amide bonds. The predicted molar refractivity (Wildman–Crippen MR) is 56.8 cm³/mol. The Bertz CT molecular complexity index is 514. The lowest BCUT2D eigenvalue weighted by molar-refractivity contribution is -0.142. The fourth-order valence-corrected chi connectivity index (χ4v) is 2.21. The topological polar surface area (TPSA) is 46.9 Å². The van der Waals surface area contributed by atoms with Crippen molar-refractivity contribution >= 4 is 11.7 Å². The summed E-state index contributed by atoms with van der Waals surface area (Å²) in [5.41, 5.74) is 0.335. The van der Waals surface area contributed by atoms with Crippen LogP contribution in [-0.2, 0) is 11.3 Å². The van der Waals surface area contributed by atoms with Gasteiger partial charge in [-0.3, -0.25) is 9.48 Å². The zero-order valence-electron chi connectivity index (χ0n) is 9.71. The van der Waals surface area contributed by atoms with Gasteiger partial charge in [-0.2, -0.15) is 18.3 Å². The van der Waals surface area contributed by atoms with Crippen LogP contribution in [0.25, 0.3) is 0 Å². The number of carbonyl (C=O) groups is 1. The summed E-state index contributed by atoms with van der Waals surface area (Å²) >= 11 is 0. The van der Waals surface area contributed by atoms with Gasteiger partial charge >= 0.3 is 6.18 Å². The normalized spacial score (nSPS) is 28.8. The number of hydrogen-bond acceptors (Lipinski definition) is 2. The molecule has 3 rings (SSSR count). The van der Waals surface area contributed by atoms with Crippen molar-refractivity contribution in [2.45, 2.75) is 32.5 Å². The second-order valence-electron chi connectivity index (χ2n) is 5.19. The van der Waals surface area contributed by atoms with Gasteiger partial charge in [0, 0.05) is 11.8 Å². The number of amides is 1. The maximum absolute atomic E-state index is 12.2. The molecule has 2 saturated carbocycles. The van der Waals surface area contributed by atoms with Crippen LogP contribution in [0.5, 0.6) is 0 Å². The lowest BCUT2D eigenvalue weighted by Crippen LogP contribution is -2.20. The Kier molecular flexibility index (Phi) is 2.10. The van der Waals surface area contributed by atoms with Gasteiger partial charge in [0.1, 0.15) is 6.54 Å². The third-order valence-electron chi connectivity index (χ3n) is 3.65. The molecule has 98 valence electrons. The summed E-state index contributed by atoms with van der Waals surface area (Å²) in [5, 5.41) is 6.38. The van der Waals surface area contributed by atoms with Gasteiger partial charge in [0.05, 0.1) is 5.41 Å². The van der Waals surface area contributed by atoms with Gasteiger partial charge in [0.2, 0.25) is 5.91 Å². The summed E-state index contributed by atoms with van der Waals surface area (Å²) in [7, 11) is 0. The van der Waals surface area contributed by atoms with Crippen molar-refractivity contribution in [2.24, 2.45) is 11.3 Å². The number of halogens is 3. The highest BCUT2D eigenvalue weighted by molar-refractivity contribution is 6.00. The number of alkyl halides is 3. The van der Waals surface area contributed by atoms with Gasteiger partial charge in [-0.05, 0) is 25.7 Å². The van der Waals surface area contributed by atoms with Gasteiger partial charge in [-0.15, -0.1) is 0 Å². The van der Waals surface area contributed by atoms with E-state index in [1.165, 1.54) is 6.20 Å². The first-order chi connectivity index (χ1) is 8.30. The fourth-order valence-electron chi connectivity index (χ4n) is 2.21. The molecule has 0 aliphatic heterocycles. The minimum atomic E-state index is -4.31. The molecule has 1 heterocycles. The van der Waals surface area contributed by atoms with Gasteiger partial charge < -0.3 is 5.32 Å². The number of aryl methyl sites for hydroxylation is 1. The smallest absolute Gasteiger partial charge is 0.308 e. The standard InChI is InChI=1S/C11H12F3N3O/c1-6-4-17(5-11(12,13)14)16-8(6)15-9(18)10-2-7(10)3-10/h4,7H,2-3,5H2,1H3,(H,15,16,18). The molecule has 4 nitrogen and oxygen atoms in total.